The zero-order valence-electron chi connectivity index (χ0n) is 21.0. The molecule has 0 bridgehead atoms. The molecule has 0 spiro atoms. The second-order valence-electron chi connectivity index (χ2n) is 10.1. The third-order valence-electron chi connectivity index (χ3n) is 7.58. The molecule has 3 amide bonds. The number of benzene rings is 1. The van der Waals surface area contributed by atoms with Gasteiger partial charge in [0.15, 0.2) is 17.2 Å². The van der Waals surface area contributed by atoms with Gasteiger partial charge in [0.1, 0.15) is 24.4 Å². The molecule has 192 valence electrons. The first-order valence-electron chi connectivity index (χ1n) is 12.6. The Balaban J connectivity index is 1.30. The Hall–Kier alpha value is -3.56. The number of amides is 3. The third-order valence-corrected chi connectivity index (χ3v) is 7.58. The molecule has 1 saturated carbocycles. The number of fused-ring (bicyclic) bond motifs is 2. The van der Waals surface area contributed by atoms with Crippen LogP contribution < -0.4 is 20.1 Å². The van der Waals surface area contributed by atoms with Crippen molar-refractivity contribution in [1.82, 2.24) is 25.3 Å². The van der Waals surface area contributed by atoms with E-state index < -0.39 is 11.4 Å². The van der Waals surface area contributed by atoms with E-state index in [2.05, 4.69) is 15.7 Å². The van der Waals surface area contributed by atoms with E-state index in [9.17, 15) is 14.4 Å². The van der Waals surface area contributed by atoms with Crippen molar-refractivity contribution in [2.75, 3.05) is 20.3 Å². The Morgan fingerprint density at radius 2 is 1.83 bits per heavy atom. The van der Waals surface area contributed by atoms with E-state index >= 15 is 0 Å². The molecular formula is C26H33N5O5. The largest absolute Gasteiger partial charge is 0.486 e. The van der Waals surface area contributed by atoms with Crippen LogP contribution in [0.5, 0.6) is 11.5 Å². The molecule has 0 saturated heterocycles. The summed E-state index contributed by atoms with van der Waals surface area (Å²) in [7, 11) is 1.63. The summed E-state index contributed by atoms with van der Waals surface area (Å²) in [6.45, 7) is 4.78. The van der Waals surface area contributed by atoms with Crippen molar-refractivity contribution < 1.29 is 23.9 Å². The van der Waals surface area contributed by atoms with Crippen molar-refractivity contribution in [3.05, 3.63) is 41.2 Å². The molecule has 0 radical (unpaired) electrons. The maximum Gasteiger partial charge on any atom is 0.272 e. The maximum absolute atomic E-state index is 13.3. The number of aromatic nitrogens is 2. The van der Waals surface area contributed by atoms with Crippen LogP contribution in [0.3, 0.4) is 0 Å². The van der Waals surface area contributed by atoms with Crippen LogP contribution in [0.2, 0.25) is 0 Å². The van der Waals surface area contributed by atoms with Gasteiger partial charge >= 0.3 is 0 Å². The van der Waals surface area contributed by atoms with Gasteiger partial charge in [0, 0.05) is 19.2 Å². The molecule has 3 aliphatic rings. The van der Waals surface area contributed by atoms with Crippen LogP contribution in [0.4, 0.5) is 0 Å². The quantitative estimate of drug-likeness (QED) is 0.659. The number of nitrogens with one attached hydrogen (secondary N) is 2. The zero-order valence-corrected chi connectivity index (χ0v) is 21.0. The number of carbonyl (C=O) groups is 3. The van der Waals surface area contributed by atoms with Gasteiger partial charge < -0.3 is 25.0 Å². The van der Waals surface area contributed by atoms with Gasteiger partial charge in [0.05, 0.1) is 12.6 Å². The molecule has 2 N–H and O–H groups in total. The lowest BCUT2D eigenvalue weighted by Crippen LogP contribution is -2.63. The van der Waals surface area contributed by atoms with E-state index in [1.807, 2.05) is 25.1 Å². The summed E-state index contributed by atoms with van der Waals surface area (Å²) in [5, 5.41) is 10.5. The highest BCUT2D eigenvalue weighted by molar-refractivity contribution is 6.01. The highest BCUT2D eigenvalue weighted by Gasteiger charge is 2.46. The van der Waals surface area contributed by atoms with Crippen molar-refractivity contribution >= 4 is 17.7 Å². The number of hydrogen-bond acceptors (Lipinski definition) is 6. The van der Waals surface area contributed by atoms with Crippen LogP contribution in [0.1, 0.15) is 78.5 Å². The molecule has 1 aromatic carbocycles. The minimum atomic E-state index is -1.10. The molecule has 2 aliphatic heterocycles. The Labute approximate surface area is 210 Å². The highest BCUT2D eigenvalue weighted by Crippen LogP contribution is 2.33. The van der Waals surface area contributed by atoms with Gasteiger partial charge in [-0.3, -0.25) is 19.1 Å². The number of nitrogens with zero attached hydrogens (tertiary/aromatic N) is 3. The van der Waals surface area contributed by atoms with Gasteiger partial charge in [-0.2, -0.15) is 5.10 Å². The molecule has 10 heteroatoms. The fourth-order valence-electron chi connectivity index (χ4n) is 5.11. The normalized spacial score (nSPS) is 22.5. The SMILES string of the molecule is C[C@H](NC(=O)c1cc2n(n1)C[C@@](C)(C(=O)NC1CCCCC1)N(C)C2=O)c1ccc2c(c1)OCCO2. The number of hydrogen-bond donors (Lipinski definition) is 2. The standard InChI is InChI=1S/C26H33N5O5/c1-16(17-9-10-21-22(13-17)36-12-11-35-21)27-23(32)19-14-20-24(33)30(3)26(2,15-31(20)29-19)25(34)28-18-7-5-4-6-8-18/h9-10,13-14,16,18H,4-8,11-12,15H2,1-3H3,(H,27,32)(H,28,34)/t16-,26-/m0/s1. The van der Waals surface area contributed by atoms with Gasteiger partial charge in [-0.05, 0) is 44.4 Å². The van der Waals surface area contributed by atoms with Crippen molar-refractivity contribution in [3.63, 3.8) is 0 Å². The number of carbonyl (C=O) groups excluding carboxylic acids is 3. The first-order chi connectivity index (χ1) is 17.3. The zero-order chi connectivity index (χ0) is 25.4. The molecular weight excluding hydrogens is 462 g/mol. The molecule has 3 heterocycles. The Kier molecular flexibility index (Phi) is 6.36. The topological polar surface area (TPSA) is 115 Å². The lowest BCUT2D eigenvalue weighted by atomic mass is 9.92. The summed E-state index contributed by atoms with van der Waals surface area (Å²) in [5.41, 5.74) is 0.185. The van der Waals surface area contributed by atoms with Crippen LogP contribution in [0.15, 0.2) is 24.3 Å². The summed E-state index contributed by atoms with van der Waals surface area (Å²) in [5.74, 6) is 0.405. The van der Waals surface area contributed by atoms with Crippen LogP contribution >= 0.6 is 0 Å². The second-order valence-corrected chi connectivity index (χ2v) is 10.1. The molecule has 2 aromatic rings. The van der Waals surface area contributed by atoms with E-state index in [1.54, 1.807) is 14.0 Å². The minimum Gasteiger partial charge on any atom is -0.486 e. The Morgan fingerprint density at radius 3 is 2.58 bits per heavy atom. The molecule has 10 nitrogen and oxygen atoms in total. The van der Waals surface area contributed by atoms with Crippen LogP contribution in [-0.2, 0) is 11.3 Å². The highest BCUT2D eigenvalue weighted by atomic mass is 16.6. The smallest absolute Gasteiger partial charge is 0.272 e. The second kappa shape index (κ2) is 9.48. The fourth-order valence-corrected chi connectivity index (χ4v) is 5.11. The average Bonchev–Trinajstić information content (AvgIpc) is 3.31. The molecule has 5 rings (SSSR count). The monoisotopic (exact) mass is 495 g/mol. The average molecular weight is 496 g/mol. The van der Waals surface area contributed by atoms with E-state index in [4.69, 9.17) is 9.47 Å². The third kappa shape index (κ3) is 4.40. The van der Waals surface area contributed by atoms with Gasteiger partial charge in [-0.25, -0.2) is 0 Å². The molecule has 36 heavy (non-hydrogen) atoms. The van der Waals surface area contributed by atoms with Crippen molar-refractivity contribution in [2.45, 2.75) is 70.1 Å². The van der Waals surface area contributed by atoms with Crippen LogP contribution in [0.25, 0.3) is 0 Å². The summed E-state index contributed by atoms with van der Waals surface area (Å²) in [6.07, 6.45) is 5.30. The van der Waals surface area contributed by atoms with E-state index in [-0.39, 0.29) is 41.8 Å². The number of ether oxygens (including phenoxy) is 2. The van der Waals surface area contributed by atoms with Crippen molar-refractivity contribution in [1.29, 1.82) is 0 Å². The van der Waals surface area contributed by atoms with Crippen molar-refractivity contribution in [2.24, 2.45) is 0 Å². The molecule has 1 fully saturated rings. The molecule has 0 unspecified atom stereocenters. The lowest BCUT2D eigenvalue weighted by Gasteiger charge is -2.41. The van der Waals surface area contributed by atoms with E-state index in [1.165, 1.54) is 22.1 Å². The van der Waals surface area contributed by atoms with Gasteiger partial charge in [-0.15, -0.1) is 0 Å². The molecule has 1 aromatic heterocycles. The summed E-state index contributed by atoms with van der Waals surface area (Å²) in [6, 6.07) is 6.86. The predicted octanol–water partition coefficient (Wildman–Crippen LogP) is 2.44. The number of rotatable bonds is 5. The van der Waals surface area contributed by atoms with Crippen molar-refractivity contribution in [3.8, 4) is 11.5 Å². The minimum absolute atomic E-state index is 0.132. The first-order valence-corrected chi connectivity index (χ1v) is 12.6. The maximum atomic E-state index is 13.3. The fraction of sp³-hybridized carbons (Fsp3) is 0.538. The van der Waals surface area contributed by atoms with Crippen LogP contribution in [-0.4, -0.2) is 64.2 Å². The summed E-state index contributed by atoms with van der Waals surface area (Å²) < 4.78 is 12.7. The van der Waals surface area contributed by atoms with E-state index in [0.717, 1.165) is 31.2 Å². The van der Waals surface area contributed by atoms with Gasteiger partial charge in [-0.1, -0.05) is 25.3 Å². The van der Waals surface area contributed by atoms with Gasteiger partial charge in [0.25, 0.3) is 11.8 Å². The first kappa shape index (κ1) is 24.1. The Morgan fingerprint density at radius 1 is 1.11 bits per heavy atom. The number of likely N-dealkylation sites (N-methyl/N-ethyl adjacent to an activating group) is 1. The molecule has 1 aliphatic carbocycles. The van der Waals surface area contributed by atoms with Gasteiger partial charge in [0.2, 0.25) is 5.91 Å². The summed E-state index contributed by atoms with van der Waals surface area (Å²) >= 11 is 0. The summed E-state index contributed by atoms with van der Waals surface area (Å²) in [4.78, 5) is 40.9. The van der Waals surface area contributed by atoms with Crippen LogP contribution in [0, 0.1) is 0 Å². The predicted molar refractivity (Wildman–Crippen MR) is 131 cm³/mol. The van der Waals surface area contributed by atoms with E-state index in [0.29, 0.717) is 24.7 Å². The lowest BCUT2D eigenvalue weighted by molar-refractivity contribution is -0.133. The molecule has 2 atom stereocenters. The Bertz CT molecular complexity index is 1190.